The normalized spacial score (nSPS) is 13.4. The third-order valence-electron chi connectivity index (χ3n) is 3.38. The van der Waals surface area contributed by atoms with Crippen LogP contribution in [0.2, 0.25) is 0 Å². The number of amides is 2. The second-order valence-electron chi connectivity index (χ2n) is 5.08. The SMILES string of the molecule is CO[C@H](C)[C@H](C)NC(=O)Nc1cnn(Cc2ccccn2)c1. The molecule has 0 fully saturated rings. The number of carbonyl (C=O) groups excluding carboxylic acids is 1. The molecule has 0 saturated heterocycles. The molecule has 2 aromatic heterocycles. The van der Waals surface area contributed by atoms with Gasteiger partial charge in [0.05, 0.1) is 36.3 Å². The van der Waals surface area contributed by atoms with Crippen molar-refractivity contribution in [3.8, 4) is 0 Å². The molecule has 0 unspecified atom stereocenters. The first-order chi connectivity index (χ1) is 10.6. The molecular formula is C15H21N5O2. The van der Waals surface area contributed by atoms with E-state index in [2.05, 4.69) is 20.7 Å². The van der Waals surface area contributed by atoms with E-state index in [-0.39, 0.29) is 18.2 Å². The molecular weight excluding hydrogens is 282 g/mol. The quantitative estimate of drug-likeness (QED) is 0.853. The minimum Gasteiger partial charge on any atom is -0.380 e. The zero-order valence-corrected chi connectivity index (χ0v) is 13.0. The van der Waals surface area contributed by atoms with Crippen LogP contribution in [0, 0.1) is 0 Å². The Balaban J connectivity index is 1.88. The summed E-state index contributed by atoms with van der Waals surface area (Å²) in [7, 11) is 1.61. The lowest BCUT2D eigenvalue weighted by molar-refractivity contribution is 0.0920. The number of hydrogen-bond donors (Lipinski definition) is 2. The highest BCUT2D eigenvalue weighted by Gasteiger charge is 2.14. The van der Waals surface area contributed by atoms with Crippen LogP contribution in [-0.2, 0) is 11.3 Å². The Kier molecular flexibility index (Phi) is 5.48. The molecule has 2 atom stereocenters. The van der Waals surface area contributed by atoms with Crippen LogP contribution in [0.5, 0.6) is 0 Å². The highest BCUT2D eigenvalue weighted by Crippen LogP contribution is 2.07. The number of methoxy groups -OCH3 is 1. The molecule has 118 valence electrons. The molecule has 2 rings (SSSR count). The van der Waals surface area contributed by atoms with Gasteiger partial charge in [0, 0.05) is 19.5 Å². The monoisotopic (exact) mass is 303 g/mol. The number of hydrogen-bond acceptors (Lipinski definition) is 4. The van der Waals surface area contributed by atoms with Gasteiger partial charge in [-0.05, 0) is 26.0 Å². The molecule has 7 heteroatoms. The van der Waals surface area contributed by atoms with Crippen molar-refractivity contribution in [2.45, 2.75) is 32.5 Å². The van der Waals surface area contributed by atoms with Gasteiger partial charge in [-0.15, -0.1) is 0 Å². The van der Waals surface area contributed by atoms with Gasteiger partial charge in [0.1, 0.15) is 0 Å². The van der Waals surface area contributed by atoms with Crippen LogP contribution in [0.25, 0.3) is 0 Å². The average molecular weight is 303 g/mol. The molecule has 22 heavy (non-hydrogen) atoms. The van der Waals surface area contributed by atoms with E-state index in [1.54, 1.807) is 30.4 Å². The number of nitrogens with one attached hydrogen (secondary N) is 2. The molecule has 2 aromatic rings. The van der Waals surface area contributed by atoms with Crippen LogP contribution in [-0.4, -0.2) is 40.1 Å². The lowest BCUT2D eigenvalue weighted by Crippen LogP contribution is -2.42. The van der Waals surface area contributed by atoms with Crippen molar-refractivity contribution in [3.05, 3.63) is 42.5 Å². The number of aromatic nitrogens is 3. The molecule has 7 nitrogen and oxygen atoms in total. The third-order valence-corrected chi connectivity index (χ3v) is 3.38. The van der Waals surface area contributed by atoms with Gasteiger partial charge in [0.2, 0.25) is 0 Å². The molecule has 0 radical (unpaired) electrons. The summed E-state index contributed by atoms with van der Waals surface area (Å²) < 4.78 is 6.89. The molecule has 0 aromatic carbocycles. The highest BCUT2D eigenvalue weighted by atomic mass is 16.5. The number of pyridine rings is 1. The number of rotatable bonds is 6. The molecule has 0 aliphatic rings. The Morgan fingerprint density at radius 3 is 2.91 bits per heavy atom. The number of ether oxygens (including phenoxy) is 1. The standard InChI is InChI=1S/C15H21N5O2/c1-11(12(2)22-3)18-15(21)19-14-8-17-20(10-14)9-13-6-4-5-7-16-13/h4-8,10-12H,9H2,1-3H3,(H2,18,19,21)/t11-,12+/m0/s1. The van der Waals surface area contributed by atoms with Crippen LogP contribution in [0.3, 0.4) is 0 Å². The molecule has 0 bridgehead atoms. The van der Waals surface area contributed by atoms with Crippen molar-refractivity contribution in [2.75, 3.05) is 12.4 Å². The minimum absolute atomic E-state index is 0.0578. The van der Waals surface area contributed by atoms with Gasteiger partial charge in [0.25, 0.3) is 0 Å². The summed E-state index contributed by atoms with van der Waals surface area (Å²) >= 11 is 0. The second kappa shape index (κ2) is 7.56. The fourth-order valence-corrected chi connectivity index (χ4v) is 1.87. The van der Waals surface area contributed by atoms with Gasteiger partial charge >= 0.3 is 6.03 Å². The van der Waals surface area contributed by atoms with E-state index in [1.807, 2.05) is 32.0 Å². The Morgan fingerprint density at radius 1 is 1.41 bits per heavy atom. The summed E-state index contributed by atoms with van der Waals surface area (Å²) in [6.45, 7) is 4.34. The highest BCUT2D eigenvalue weighted by molar-refractivity contribution is 5.89. The Bertz CT molecular complexity index is 599. The van der Waals surface area contributed by atoms with Gasteiger partial charge in [-0.1, -0.05) is 6.07 Å². The molecule has 0 aliphatic carbocycles. The van der Waals surface area contributed by atoms with Crippen LogP contribution in [0.4, 0.5) is 10.5 Å². The number of anilines is 1. The fourth-order valence-electron chi connectivity index (χ4n) is 1.87. The summed E-state index contributed by atoms with van der Waals surface area (Å²) in [6.07, 6.45) is 5.05. The summed E-state index contributed by atoms with van der Waals surface area (Å²) in [5.74, 6) is 0. The first-order valence-corrected chi connectivity index (χ1v) is 7.11. The van der Waals surface area contributed by atoms with E-state index in [4.69, 9.17) is 4.74 Å². The molecule has 0 spiro atoms. The number of carbonyl (C=O) groups is 1. The van der Waals surface area contributed by atoms with E-state index in [1.165, 1.54) is 0 Å². The van der Waals surface area contributed by atoms with Crippen LogP contribution < -0.4 is 10.6 Å². The Morgan fingerprint density at radius 2 is 2.23 bits per heavy atom. The molecule has 2 N–H and O–H groups in total. The first kappa shape index (κ1) is 16.0. The van der Waals surface area contributed by atoms with E-state index in [0.717, 1.165) is 5.69 Å². The summed E-state index contributed by atoms with van der Waals surface area (Å²) in [6, 6.07) is 5.35. The maximum absolute atomic E-state index is 11.9. The van der Waals surface area contributed by atoms with Crippen LogP contribution >= 0.6 is 0 Å². The van der Waals surface area contributed by atoms with Gasteiger partial charge in [-0.3, -0.25) is 9.67 Å². The van der Waals surface area contributed by atoms with E-state index >= 15 is 0 Å². The van der Waals surface area contributed by atoms with Crippen LogP contribution in [0.1, 0.15) is 19.5 Å². The molecule has 2 amide bonds. The van der Waals surface area contributed by atoms with Crippen LogP contribution in [0.15, 0.2) is 36.8 Å². The van der Waals surface area contributed by atoms with Crippen molar-refractivity contribution in [3.63, 3.8) is 0 Å². The van der Waals surface area contributed by atoms with E-state index in [0.29, 0.717) is 12.2 Å². The first-order valence-electron chi connectivity index (χ1n) is 7.11. The largest absolute Gasteiger partial charge is 0.380 e. The fraction of sp³-hybridized carbons (Fsp3) is 0.400. The van der Waals surface area contributed by atoms with Gasteiger partial charge in [-0.25, -0.2) is 4.79 Å². The topological polar surface area (TPSA) is 81.1 Å². The van der Waals surface area contributed by atoms with E-state index < -0.39 is 0 Å². The maximum Gasteiger partial charge on any atom is 0.319 e. The van der Waals surface area contributed by atoms with Crippen molar-refractivity contribution in [1.29, 1.82) is 0 Å². The van der Waals surface area contributed by atoms with Crippen molar-refractivity contribution in [1.82, 2.24) is 20.1 Å². The lowest BCUT2D eigenvalue weighted by Gasteiger charge is -2.19. The molecule has 0 saturated carbocycles. The van der Waals surface area contributed by atoms with Gasteiger partial charge in [-0.2, -0.15) is 5.10 Å². The van der Waals surface area contributed by atoms with Crippen molar-refractivity contribution < 1.29 is 9.53 Å². The van der Waals surface area contributed by atoms with Crippen molar-refractivity contribution >= 4 is 11.7 Å². The number of urea groups is 1. The van der Waals surface area contributed by atoms with Crippen molar-refractivity contribution in [2.24, 2.45) is 0 Å². The number of nitrogens with zero attached hydrogens (tertiary/aromatic N) is 3. The Hall–Kier alpha value is -2.41. The third kappa shape index (κ3) is 4.56. The second-order valence-corrected chi connectivity index (χ2v) is 5.08. The average Bonchev–Trinajstić information content (AvgIpc) is 2.94. The zero-order valence-electron chi connectivity index (χ0n) is 13.0. The molecule has 2 heterocycles. The van der Waals surface area contributed by atoms with E-state index in [9.17, 15) is 4.79 Å². The molecule has 0 aliphatic heterocycles. The predicted octanol–water partition coefficient (Wildman–Crippen LogP) is 1.87. The summed E-state index contributed by atoms with van der Waals surface area (Å²) in [5.41, 5.74) is 1.54. The lowest BCUT2D eigenvalue weighted by atomic mass is 10.2. The van der Waals surface area contributed by atoms with Gasteiger partial charge < -0.3 is 15.4 Å². The maximum atomic E-state index is 11.9. The smallest absolute Gasteiger partial charge is 0.319 e. The predicted molar refractivity (Wildman–Crippen MR) is 83.7 cm³/mol. The Labute approximate surface area is 129 Å². The zero-order chi connectivity index (χ0) is 15.9. The summed E-state index contributed by atoms with van der Waals surface area (Å²) in [5, 5.41) is 9.77. The minimum atomic E-state index is -0.284. The summed E-state index contributed by atoms with van der Waals surface area (Å²) in [4.78, 5) is 16.1. The van der Waals surface area contributed by atoms with Gasteiger partial charge in [0.15, 0.2) is 0 Å².